The van der Waals surface area contributed by atoms with Crippen LogP contribution >= 0.6 is 0 Å². The molecule has 0 bridgehead atoms. The van der Waals surface area contributed by atoms with Crippen molar-refractivity contribution in [2.24, 2.45) is 11.8 Å². The third-order valence-electron chi connectivity index (χ3n) is 3.95. The van der Waals surface area contributed by atoms with E-state index in [9.17, 15) is 8.42 Å². The van der Waals surface area contributed by atoms with Gasteiger partial charge in [0.05, 0.1) is 5.75 Å². The molecule has 0 aliphatic carbocycles. The van der Waals surface area contributed by atoms with Crippen LogP contribution in [-0.4, -0.2) is 43.6 Å². The monoisotopic (exact) mass is 244 g/mol. The van der Waals surface area contributed by atoms with Crippen LogP contribution in [0, 0.1) is 11.8 Å². The quantitative estimate of drug-likeness (QED) is 0.733. The van der Waals surface area contributed by atoms with Crippen molar-refractivity contribution in [3.8, 4) is 0 Å². The lowest BCUT2D eigenvalue weighted by molar-refractivity contribution is 0.234. The molecule has 4 nitrogen and oxygen atoms in total. The van der Waals surface area contributed by atoms with E-state index in [0.29, 0.717) is 18.4 Å². The van der Waals surface area contributed by atoms with E-state index in [0.717, 1.165) is 13.1 Å². The summed E-state index contributed by atoms with van der Waals surface area (Å²) in [5.41, 5.74) is -0.268. The molecule has 2 atom stereocenters. The van der Waals surface area contributed by atoms with Gasteiger partial charge in [0.25, 0.3) is 0 Å². The largest absolute Gasteiger partial charge is 0.316 e. The first-order valence-electron chi connectivity index (χ1n) is 5.71. The molecule has 0 aromatic rings. The molecule has 1 N–H and O–H groups in total. The van der Waals surface area contributed by atoms with Gasteiger partial charge in [-0.15, -0.1) is 6.58 Å². The van der Waals surface area contributed by atoms with Crippen LogP contribution in [0.5, 0.6) is 0 Å². The molecule has 2 saturated heterocycles. The molecule has 2 unspecified atom stereocenters. The fourth-order valence-electron chi connectivity index (χ4n) is 3.10. The molecular weight excluding hydrogens is 224 g/mol. The maximum atomic E-state index is 12.1. The van der Waals surface area contributed by atoms with Crippen molar-refractivity contribution >= 4 is 10.0 Å². The Morgan fingerprint density at radius 2 is 2.19 bits per heavy atom. The van der Waals surface area contributed by atoms with E-state index in [-0.39, 0.29) is 11.3 Å². The Hall–Kier alpha value is -0.390. The first-order chi connectivity index (χ1) is 7.39. The van der Waals surface area contributed by atoms with Gasteiger partial charge in [-0.1, -0.05) is 6.08 Å². The summed E-state index contributed by atoms with van der Waals surface area (Å²) in [4.78, 5) is 0. The molecule has 92 valence electrons. The fourth-order valence-corrected chi connectivity index (χ4v) is 4.84. The second-order valence-corrected chi connectivity index (χ2v) is 7.21. The number of nitrogens with zero attached hydrogens (tertiary/aromatic N) is 1. The zero-order valence-corrected chi connectivity index (χ0v) is 10.8. The van der Waals surface area contributed by atoms with Gasteiger partial charge in [0.2, 0.25) is 10.0 Å². The SMILES string of the molecule is C=CCS(=O)(=O)N1CC2CNCC2C1(C)C. The van der Waals surface area contributed by atoms with Crippen molar-refractivity contribution in [1.82, 2.24) is 9.62 Å². The van der Waals surface area contributed by atoms with Gasteiger partial charge < -0.3 is 5.32 Å². The van der Waals surface area contributed by atoms with Crippen molar-refractivity contribution < 1.29 is 8.42 Å². The van der Waals surface area contributed by atoms with Crippen molar-refractivity contribution in [2.75, 3.05) is 25.4 Å². The molecule has 0 radical (unpaired) electrons. The minimum Gasteiger partial charge on any atom is -0.316 e. The molecule has 2 rings (SSSR count). The summed E-state index contributed by atoms with van der Waals surface area (Å²) in [5.74, 6) is 0.949. The van der Waals surface area contributed by atoms with Crippen molar-refractivity contribution in [3.63, 3.8) is 0 Å². The number of nitrogens with one attached hydrogen (secondary N) is 1. The van der Waals surface area contributed by atoms with E-state index in [4.69, 9.17) is 0 Å². The summed E-state index contributed by atoms with van der Waals surface area (Å²) in [5, 5.41) is 3.34. The summed E-state index contributed by atoms with van der Waals surface area (Å²) >= 11 is 0. The third-order valence-corrected chi connectivity index (χ3v) is 5.90. The van der Waals surface area contributed by atoms with Gasteiger partial charge in [0.15, 0.2) is 0 Å². The summed E-state index contributed by atoms with van der Waals surface area (Å²) in [6.45, 7) is 10.1. The Bertz CT molecular complexity index is 389. The van der Waals surface area contributed by atoms with Crippen molar-refractivity contribution in [1.29, 1.82) is 0 Å². The Morgan fingerprint density at radius 3 is 2.75 bits per heavy atom. The molecule has 0 aromatic carbocycles. The Labute approximate surface area is 97.8 Å². The number of fused-ring (bicyclic) bond motifs is 1. The first kappa shape index (κ1) is 12.1. The lowest BCUT2D eigenvalue weighted by Gasteiger charge is -2.34. The predicted molar refractivity (Wildman–Crippen MR) is 64.6 cm³/mol. The van der Waals surface area contributed by atoms with E-state index >= 15 is 0 Å². The molecule has 2 aliphatic heterocycles. The van der Waals surface area contributed by atoms with Crippen LogP contribution in [0.1, 0.15) is 13.8 Å². The van der Waals surface area contributed by atoms with Crippen LogP contribution in [-0.2, 0) is 10.0 Å². The topological polar surface area (TPSA) is 49.4 Å². The summed E-state index contributed by atoms with van der Waals surface area (Å²) < 4.78 is 25.9. The summed E-state index contributed by atoms with van der Waals surface area (Å²) in [6.07, 6.45) is 1.47. The number of rotatable bonds is 3. The van der Waals surface area contributed by atoms with E-state index in [1.54, 1.807) is 4.31 Å². The Kier molecular flexibility index (Phi) is 2.88. The van der Waals surface area contributed by atoms with Crippen molar-refractivity contribution in [2.45, 2.75) is 19.4 Å². The van der Waals surface area contributed by atoms with Crippen LogP contribution < -0.4 is 5.32 Å². The molecule has 0 spiro atoms. The van der Waals surface area contributed by atoms with Crippen LogP contribution in [0.25, 0.3) is 0 Å². The second-order valence-electron chi connectivity index (χ2n) is 5.28. The highest BCUT2D eigenvalue weighted by molar-refractivity contribution is 7.89. The summed E-state index contributed by atoms with van der Waals surface area (Å²) in [7, 11) is -3.17. The third kappa shape index (κ3) is 1.71. The molecular formula is C11H20N2O2S. The van der Waals surface area contributed by atoms with Gasteiger partial charge in [-0.05, 0) is 32.2 Å². The molecule has 0 saturated carbocycles. The van der Waals surface area contributed by atoms with Gasteiger partial charge in [0.1, 0.15) is 0 Å². The maximum absolute atomic E-state index is 12.1. The van der Waals surface area contributed by atoms with Crippen molar-refractivity contribution in [3.05, 3.63) is 12.7 Å². The van der Waals surface area contributed by atoms with Gasteiger partial charge in [-0.2, -0.15) is 4.31 Å². The van der Waals surface area contributed by atoms with Gasteiger partial charge in [-0.25, -0.2) is 8.42 Å². The maximum Gasteiger partial charge on any atom is 0.218 e. The molecule has 2 heterocycles. The minimum absolute atomic E-state index is 0.0449. The highest BCUT2D eigenvalue weighted by Crippen LogP contribution is 2.42. The van der Waals surface area contributed by atoms with Gasteiger partial charge >= 0.3 is 0 Å². The first-order valence-corrected chi connectivity index (χ1v) is 7.32. The Balaban J connectivity index is 2.28. The molecule has 5 heteroatoms. The molecule has 2 fully saturated rings. The van der Waals surface area contributed by atoms with Crippen LogP contribution in [0.2, 0.25) is 0 Å². The van der Waals surface area contributed by atoms with E-state index in [2.05, 4.69) is 11.9 Å². The second kappa shape index (κ2) is 3.82. The average molecular weight is 244 g/mol. The van der Waals surface area contributed by atoms with E-state index < -0.39 is 10.0 Å². The lowest BCUT2D eigenvalue weighted by Crippen LogP contribution is -2.48. The zero-order valence-electron chi connectivity index (χ0n) is 9.94. The smallest absolute Gasteiger partial charge is 0.218 e. The molecule has 2 aliphatic rings. The van der Waals surface area contributed by atoms with Gasteiger partial charge in [-0.3, -0.25) is 0 Å². The minimum atomic E-state index is -3.17. The molecule has 0 amide bonds. The number of sulfonamides is 1. The lowest BCUT2D eigenvalue weighted by atomic mass is 9.85. The van der Waals surface area contributed by atoms with Crippen LogP contribution in [0.15, 0.2) is 12.7 Å². The van der Waals surface area contributed by atoms with Crippen LogP contribution in [0.3, 0.4) is 0 Å². The standard InChI is InChI=1S/C11H20N2O2S/c1-4-5-16(14,15)13-8-9-6-12-7-10(9)11(13,2)3/h4,9-10,12H,1,5-8H2,2-3H3. The Morgan fingerprint density at radius 1 is 1.50 bits per heavy atom. The highest BCUT2D eigenvalue weighted by Gasteiger charge is 2.53. The average Bonchev–Trinajstić information content (AvgIpc) is 2.68. The molecule has 0 aromatic heterocycles. The zero-order chi connectivity index (χ0) is 12.0. The number of hydrogen-bond acceptors (Lipinski definition) is 3. The summed E-state index contributed by atoms with van der Waals surface area (Å²) in [6, 6.07) is 0. The fraction of sp³-hybridized carbons (Fsp3) is 0.818. The highest BCUT2D eigenvalue weighted by atomic mass is 32.2. The number of hydrogen-bond donors (Lipinski definition) is 1. The van der Waals surface area contributed by atoms with Gasteiger partial charge in [0, 0.05) is 18.6 Å². The molecule has 16 heavy (non-hydrogen) atoms. The normalized spacial score (nSPS) is 33.9. The van der Waals surface area contributed by atoms with E-state index in [1.807, 2.05) is 13.8 Å². The van der Waals surface area contributed by atoms with E-state index in [1.165, 1.54) is 6.08 Å². The van der Waals surface area contributed by atoms with Crippen LogP contribution in [0.4, 0.5) is 0 Å². The predicted octanol–water partition coefficient (Wildman–Crippen LogP) is 0.432.